The number of aromatic nitrogens is 2. The summed E-state index contributed by atoms with van der Waals surface area (Å²) in [7, 11) is 0. The van der Waals surface area contributed by atoms with Crippen LogP contribution in [0, 0.1) is 18.2 Å². The quantitative estimate of drug-likeness (QED) is 0.295. The van der Waals surface area contributed by atoms with Gasteiger partial charge in [-0.1, -0.05) is 43.2 Å². The summed E-state index contributed by atoms with van der Waals surface area (Å²) in [6.07, 6.45) is 5.27. The van der Waals surface area contributed by atoms with Crippen LogP contribution in [0.5, 0.6) is 0 Å². The average Bonchev–Trinajstić information content (AvgIpc) is 3.37. The van der Waals surface area contributed by atoms with Crippen LogP contribution in [0.1, 0.15) is 67.8 Å². The molecule has 1 aromatic heterocycles. The van der Waals surface area contributed by atoms with Crippen molar-refractivity contribution >= 4 is 22.5 Å². The molecule has 0 aliphatic carbocycles. The van der Waals surface area contributed by atoms with E-state index in [0.29, 0.717) is 42.5 Å². The number of likely N-dealkylation sites (tertiary alicyclic amines) is 1. The van der Waals surface area contributed by atoms with Crippen LogP contribution in [0.3, 0.4) is 0 Å². The van der Waals surface area contributed by atoms with Crippen molar-refractivity contribution in [3.8, 4) is 12.3 Å². The molecule has 3 aromatic rings. The largest absolute Gasteiger partial charge is 0.358 e. The Bertz CT molecular complexity index is 1530. The highest BCUT2D eigenvalue weighted by atomic mass is 19.3. The highest BCUT2D eigenvalue weighted by molar-refractivity contribution is 5.94. The van der Waals surface area contributed by atoms with Crippen LogP contribution in [0.2, 0.25) is 0 Å². The number of rotatable bonds is 8. The first-order valence-corrected chi connectivity index (χ1v) is 12.9. The van der Waals surface area contributed by atoms with Gasteiger partial charge in [0.25, 0.3) is 12.0 Å². The number of carbonyl (C=O) groups excluding carboxylic acids is 1. The van der Waals surface area contributed by atoms with E-state index in [1.807, 2.05) is 19.1 Å². The molecule has 1 unspecified atom stereocenters. The van der Waals surface area contributed by atoms with Gasteiger partial charge < -0.3 is 10.2 Å². The fraction of sp³-hybridized carbons (Fsp3) is 0.367. The van der Waals surface area contributed by atoms with Crippen molar-refractivity contribution in [2.24, 2.45) is 0 Å². The van der Waals surface area contributed by atoms with Crippen molar-refractivity contribution in [3.05, 3.63) is 81.4 Å². The molecule has 9 heteroatoms. The summed E-state index contributed by atoms with van der Waals surface area (Å²) in [6, 6.07) is 6.44. The maximum atomic E-state index is 15.1. The van der Waals surface area contributed by atoms with E-state index in [1.54, 1.807) is 11.8 Å². The molecule has 1 saturated heterocycles. The minimum absolute atomic E-state index is 0.0105. The van der Waals surface area contributed by atoms with Gasteiger partial charge in [-0.05, 0) is 37.0 Å². The second-order valence-corrected chi connectivity index (χ2v) is 9.62. The van der Waals surface area contributed by atoms with Gasteiger partial charge in [-0.15, -0.1) is 13.0 Å². The van der Waals surface area contributed by atoms with Crippen molar-refractivity contribution in [1.29, 1.82) is 0 Å². The first-order chi connectivity index (χ1) is 18.6. The molecule has 3 atom stereocenters. The Morgan fingerprint density at radius 2 is 2.03 bits per heavy atom. The lowest BCUT2D eigenvalue weighted by molar-refractivity contribution is -0.128. The number of amides is 1. The monoisotopic (exact) mass is 536 g/mol. The molecule has 0 bridgehead atoms. The van der Waals surface area contributed by atoms with Crippen LogP contribution in [0.15, 0.2) is 47.8 Å². The van der Waals surface area contributed by atoms with E-state index in [-0.39, 0.29) is 29.0 Å². The van der Waals surface area contributed by atoms with Crippen LogP contribution < -0.4 is 10.9 Å². The number of nitrogens with one attached hydrogen (secondary N) is 1. The van der Waals surface area contributed by atoms with E-state index in [0.717, 1.165) is 17.2 Å². The van der Waals surface area contributed by atoms with Crippen LogP contribution in [0.25, 0.3) is 10.8 Å². The number of alkyl halides is 2. The summed E-state index contributed by atoms with van der Waals surface area (Å²) in [5.41, 5.74) is 0.736. The molecular weight excluding hydrogens is 505 g/mol. The summed E-state index contributed by atoms with van der Waals surface area (Å²) in [4.78, 5) is 27.2. The Morgan fingerprint density at radius 1 is 1.31 bits per heavy atom. The number of terminal acetylenes is 1. The third-order valence-corrected chi connectivity index (χ3v) is 7.37. The predicted molar refractivity (Wildman–Crippen MR) is 146 cm³/mol. The number of hydrogen-bond donors (Lipinski definition) is 1. The van der Waals surface area contributed by atoms with E-state index in [1.165, 1.54) is 29.8 Å². The second kappa shape index (κ2) is 11.4. The fourth-order valence-electron chi connectivity index (χ4n) is 5.32. The molecule has 4 rings (SSSR count). The number of aryl methyl sites for hydroxylation is 2. The standard InChI is InChI=1S/C30H31F3N4O2/c1-6-18-13-19(20-14-21(7-2)36(16-20)17(5)38)15-24-26(18)30(39)37(9-4)35-29(24)34-25(8-3)22-11-10-12-23(27(22)31)28(32)33/h2,8,10-13,15,20-21,25,28H,3,6,9,14,16H2,1,4-5H3,(H,34,35)/t20?,21-,25-/m1/s1. The van der Waals surface area contributed by atoms with E-state index in [4.69, 9.17) is 6.42 Å². The third kappa shape index (κ3) is 5.16. The summed E-state index contributed by atoms with van der Waals surface area (Å²) < 4.78 is 43.1. The van der Waals surface area contributed by atoms with E-state index >= 15 is 4.39 Å². The molecule has 2 aromatic carbocycles. The second-order valence-electron chi connectivity index (χ2n) is 9.62. The zero-order valence-electron chi connectivity index (χ0n) is 22.2. The number of halogens is 3. The van der Waals surface area contributed by atoms with Gasteiger partial charge in [0.1, 0.15) is 5.82 Å². The van der Waals surface area contributed by atoms with Gasteiger partial charge in [0, 0.05) is 36.9 Å². The molecule has 1 aliphatic heterocycles. The van der Waals surface area contributed by atoms with Gasteiger partial charge in [0.15, 0.2) is 5.82 Å². The van der Waals surface area contributed by atoms with Gasteiger partial charge in [-0.25, -0.2) is 17.9 Å². The number of carbonyl (C=O) groups is 1. The Kier molecular flexibility index (Phi) is 8.14. The molecule has 6 nitrogen and oxygen atoms in total. The summed E-state index contributed by atoms with van der Waals surface area (Å²) >= 11 is 0. The molecule has 1 aliphatic rings. The zero-order valence-corrected chi connectivity index (χ0v) is 22.2. The maximum absolute atomic E-state index is 15.1. The highest BCUT2D eigenvalue weighted by Crippen LogP contribution is 2.36. The molecular formula is C30H31F3N4O2. The molecule has 39 heavy (non-hydrogen) atoms. The Morgan fingerprint density at radius 3 is 2.59 bits per heavy atom. The van der Waals surface area contributed by atoms with Crippen molar-refractivity contribution < 1.29 is 18.0 Å². The number of anilines is 1. The first-order valence-electron chi connectivity index (χ1n) is 12.9. The average molecular weight is 537 g/mol. The van der Waals surface area contributed by atoms with Gasteiger partial charge in [-0.3, -0.25) is 9.59 Å². The Balaban J connectivity index is 1.88. The molecule has 0 spiro atoms. The summed E-state index contributed by atoms with van der Waals surface area (Å²) in [6.45, 7) is 9.74. The van der Waals surface area contributed by atoms with Gasteiger partial charge in [0.2, 0.25) is 5.91 Å². The topological polar surface area (TPSA) is 67.2 Å². The SMILES string of the molecule is C#C[C@@H]1CC(c2cc(CC)c3c(=O)n(CC)nc(N[C@H](C=C)c4cccc(C(F)F)c4F)c3c2)CN1C(C)=O. The highest BCUT2D eigenvalue weighted by Gasteiger charge is 2.34. The van der Waals surface area contributed by atoms with Crippen LogP contribution in [0.4, 0.5) is 19.0 Å². The Hall–Kier alpha value is -4.06. The summed E-state index contributed by atoms with van der Waals surface area (Å²) in [5, 5.41) is 8.65. The predicted octanol–water partition coefficient (Wildman–Crippen LogP) is 5.73. The summed E-state index contributed by atoms with van der Waals surface area (Å²) in [5.74, 6) is 1.81. The molecule has 1 N–H and O–H groups in total. The van der Waals surface area contributed by atoms with Gasteiger partial charge in [0.05, 0.1) is 23.0 Å². The molecule has 1 amide bonds. The molecule has 2 heterocycles. The van der Waals surface area contributed by atoms with Crippen LogP contribution in [-0.4, -0.2) is 33.2 Å². The van der Waals surface area contributed by atoms with Crippen LogP contribution in [-0.2, 0) is 17.8 Å². The third-order valence-electron chi connectivity index (χ3n) is 7.37. The minimum atomic E-state index is -2.97. The minimum Gasteiger partial charge on any atom is -0.358 e. The lowest BCUT2D eigenvalue weighted by Crippen LogP contribution is -2.32. The van der Waals surface area contributed by atoms with Crippen molar-refractivity contribution in [1.82, 2.24) is 14.7 Å². The number of nitrogens with zero attached hydrogens (tertiary/aromatic N) is 3. The van der Waals surface area contributed by atoms with Crippen molar-refractivity contribution in [3.63, 3.8) is 0 Å². The van der Waals surface area contributed by atoms with E-state index in [2.05, 4.69) is 22.9 Å². The molecule has 0 radical (unpaired) electrons. The number of benzene rings is 2. The lowest BCUT2D eigenvalue weighted by atomic mass is 9.91. The fourth-order valence-corrected chi connectivity index (χ4v) is 5.32. The lowest BCUT2D eigenvalue weighted by Gasteiger charge is -2.21. The van der Waals surface area contributed by atoms with Gasteiger partial charge >= 0.3 is 0 Å². The Labute approximate surface area is 225 Å². The number of hydrogen-bond acceptors (Lipinski definition) is 4. The molecule has 204 valence electrons. The number of fused-ring (bicyclic) bond motifs is 1. The zero-order chi connectivity index (χ0) is 28.4. The van der Waals surface area contributed by atoms with Crippen molar-refractivity contribution in [2.75, 3.05) is 11.9 Å². The van der Waals surface area contributed by atoms with E-state index in [9.17, 15) is 18.4 Å². The van der Waals surface area contributed by atoms with Crippen LogP contribution >= 0.6 is 0 Å². The maximum Gasteiger partial charge on any atom is 0.275 e. The van der Waals surface area contributed by atoms with Gasteiger partial charge in [-0.2, -0.15) is 5.10 Å². The van der Waals surface area contributed by atoms with E-state index < -0.39 is 23.8 Å². The smallest absolute Gasteiger partial charge is 0.275 e. The first kappa shape index (κ1) is 28.0. The molecule has 1 fully saturated rings. The van der Waals surface area contributed by atoms with Crippen molar-refractivity contribution in [2.45, 2.75) is 64.6 Å². The normalized spacial score (nSPS) is 17.8. The molecule has 0 saturated carbocycles.